The van der Waals surface area contributed by atoms with E-state index in [2.05, 4.69) is 30.3 Å². The Morgan fingerprint density at radius 2 is 2.26 bits per heavy atom. The van der Waals surface area contributed by atoms with Crippen molar-refractivity contribution in [2.75, 3.05) is 5.73 Å². The summed E-state index contributed by atoms with van der Waals surface area (Å²) in [4.78, 5) is 14.5. The topological polar surface area (TPSA) is 72.9 Å². The number of aromatic nitrogens is 2. The monoisotopic (exact) mass is 278 g/mol. The van der Waals surface area contributed by atoms with Crippen molar-refractivity contribution >= 4 is 22.9 Å². The van der Waals surface area contributed by atoms with Crippen LogP contribution in [0.15, 0.2) is 12.3 Å². The van der Waals surface area contributed by atoms with Crippen LogP contribution in [-0.2, 0) is 13.1 Å². The number of rotatable bonds is 4. The Morgan fingerprint density at radius 1 is 1.53 bits per heavy atom. The molecule has 0 aliphatic rings. The summed E-state index contributed by atoms with van der Waals surface area (Å²) in [6.07, 6.45) is 1.51. The number of anilines is 1. The fourth-order valence-corrected chi connectivity index (χ4v) is 2.87. The summed E-state index contributed by atoms with van der Waals surface area (Å²) in [6.45, 7) is 7.22. The Kier molecular flexibility index (Phi) is 3.90. The summed E-state index contributed by atoms with van der Waals surface area (Å²) in [7, 11) is 0. The first kappa shape index (κ1) is 13.6. The number of hydrogen-bond donors (Lipinski definition) is 2. The lowest BCUT2D eigenvalue weighted by atomic mass is 10.3. The van der Waals surface area contributed by atoms with Crippen molar-refractivity contribution in [3.63, 3.8) is 0 Å². The fourth-order valence-electron chi connectivity index (χ4n) is 1.88. The van der Waals surface area contributed by atoms with Crippen molar-refractivity contribution in [1.82, 2.24) is 15.1 Å². The minimum atomic E-state index is -0.180. The molecule has 2 rings (SSSR count). The minimum Gasteiger partial charge on any atom is -0.396 e. The van der Waals surface area contributed by atoms with Crippen LogP contribution in [0.25, 0.3) is 0 Å². The summed E-state index contributed by atoms with van der Waals surface area (Å²) >= 11 is 1.70. The van der Waals surface area contributed by atoms with Gasteiger partial charge in [0, 0.05) is 16.3 Å². The molecule has 3 N–H and O–H groups in total. The van der Waals surface area contributed by atoms with Gasteiger partial charge in [0.2, 0.25) is 0 Å². The zero-order valence-electron chi connectivity index (χ0n) is 11.4. The normalized spacial score (nSPS) is 10.7. The highest BCUT2D eigenvalue weighted by Crippen LogP contribution is 2.20. The Balaban J connectivity index is 2.07. The molecule has 0 atom stereocenters. The highest BCUT2D eigenvalue weighted by atomic mass is 32.1. The maximum atomic E-state index is 12.1. The van der Waals surface area contributed by atoms with Gasteiger partial charge in [-0.05, 0) is 32.4 Å². The highest BCUT2D eigenvalue weighted by molar-refractivity contribution is 7.12. The molecule has 0 saturated carbocycles. The average Bonchev–Trinajstić information content (AvgIpc) is 2.90. The van der Waals surface area contributed by atoms with Crippen molar-refractivity contribution in [2.45, 2.75) is 33.9 Å². The van der Waals surface area contributed by atoms with E-state index in [0.29, 0.717) is 24.5 Å². The molecule has 102 valence electrons. The van der Waals surface area contributed by atoms with Crippen LogP contribution in [0.2, 0.25) is 0 Å². The number of carbonyl (C=O) groups excluding carboxylic acids is 1. The molecule has 0 fully saturated rings. The predicted molar refractivity (Wildman–Crippen MR) is 77.3 cm³/mol. The number of nitrogen functional groups attached to an aromatic ring is 1. The number of thiophene rings is 1. The van der Waals surface area contributed by atoms with E-state index < -0.39 is 0 Å². The van der Waals surface area contributed by atoms with Crippen molar-refractivity contribution in [2.24, 2.45) is 0 Å². The van der Waals surface area contributed by atoms with E-state index in [9.17, 15) is 4.79 Å². The largest absolute Gasteiger partial charge is 0.396 e. The number of hydrogen-bond acceptors (Lipinski definition) is 4. The molecule has 0 saturated heterocycles. The highest BCUT2D eigenvalue weighted by Gasteiger charge is 2.16. The van der Waals surface area contributed by atoms with Crippen LogP contribution in [0.3, 0.4) is 0 Å². The van der Waals surface area contributed by atoms with Crippen LogP contribution >= 0.6 is 11.3 Å². The van der Waals surface area contributed by atoms with E-state index in [4.69, 9.17) is 5.73 Å². The zero-order valence-corrected chi connectivity index (χ0v) is 12.2. The molecule has 0 unspecified atom stereocenters. The molecule has 1 amide bonds. The molecular weight excluding hydrogens is 260 g/mol. The maximum Gasteiger partial charge on any atom is 0.271 e. The van der Waals surface area contributed by atoms with Gasteiger partial charge in [0.25, 0.3) is 5.91 Å². The molecule has 2 heterocycles. The van der Waals surface area contributed by atoms with Gasteiger partial charge in [-0.2, -0.15) is 5.10 Å². The summed E-state index contributed by atoms with van der Waals surface area (Å²) in [5.41, 5.74) is 7.88. The van der Waals surface area contributed by atoms with Gasteiger partial charge in [-0.1, -0.05) is 0 Å². The van der Waals surface area contributed by atoms with Crippen molar-refractivity contribution < 1.29 is 4.79 Å². The van der Waals surface area contributed by atoms with Gasteiger partial charge in [0.1, 0.15) is 5.69 Å². The third-order valence-electron chi connectivity index (χ3n) is 3.02. The second kappa shape index (κ2) is 5.44. The Labute approximate surface area is 116 Å². The third-order valence-corrected chi connectivity index (χ3v) is 4.18. The van der Waals surface area contributed by atoms with E-state index in [1.807, 2.05) is 6.92 Å². The average molecular weight is 278 g/mol. The number of carbonyl (C=O) groups is 1. The van der Waals surface area contributed by atoms with Crippen molar-refractivity contribution in [3.05, 3.63) is 33.3 Å². The van der Waals surface area contributed by atoms with Crippen molar-refractivity contribution in [1.29, 1.82) is 0 Å². The molecule has 0 aliphatic heterocycles. The van der Waals surface area contributed by atoms with E-state index >= 15 is 0 Å². The quantitative estimate of drug-likeness (QED) is 0.899. The van der Waals surface area contributed by atoms with Gasteiger partial charge < -0.3 is 11.1 Å². The molecule has 0 bridgehead atoms. The molecule has 0 aromatic carbocycles. The van der Waals surface area contributed by atoms with E-state index in [1.165, 1.54) is 16.6 Å². The number of aryl methyl sites for hydroxylation is 3. The molecule has 2 aromatic rings. The maximum absolute atomic E-state index is 12.1. The number of nitrogens with zero attached hydrogens (tertiary/aromatic N) is 2. The van der Waals surface area contributed by atoms with Gasteiger partial charge in [-0.3, -0.25) is 9.48 Å². The van der Waals surface area contributed by atoms with E-state index in [-0.39, 0.29) is 5.91 Å². The van der Waals surface area contributed by atoms with Crippen LogP contribution in [0.5, 0.6) is 0 Å². The van der Waals surface area contributed by atoms with E-state index in [1.54, 1.807) is 16.0 Å². The standard InChI is InChI=1S/C13H18N4OS/c1-4-17-12(11(14)7-16-17)13(18)15-6-10-5-8(2)9(3)19-10/h5,7H,4,6,14H2,1-3H3,(H,15,18). The summed E-state index contributed by atoms with van der Waals surface area (Å²) in [5.74, 6) is -0.180. The van der Waals surface area contributed by atoms with Gasteiger partial charge in [0.15, 0.2) is 0 Å². The second-order valence-electron chi connectivity index (χ2n) is 4.40. The zero-order chi connectivity index (χ0) is 14.0. The Hall–Kier alpha value is -1.82. The second-order valence-corrected chi connectivity index (χ2v) is 5.74. The van der Waals surface area contributed by atoms with Crippen LogP contribution < -0.4 is 11.1 Å². The first-order valence-electron chi connectivity index (χ1n) is 6.18. The van der Waals surface area contributed by atoms with Crippen LogP contribution in [0, 0.1) is 13.8 Å². The smallest absolute Gasteiger partial charge is 0.271 e. The molecule has 5 nitrogen and oxygen atoms in total. The van der Waals surface area contributed by atoms with Gasteiger partial charge >= 0.3 is 0 Å². The van der Waals surface area contributed by atoms with Crippen LogP contribution in [-0.4, -0.2) is 15.7 Å². The lowest BCUT2D eigenvalue weighted by molar-refractivity contribution is 0.0941. The molecule has 2 aromatic heterocycles. The molecule has 0 radical (unpaired) electrons. The SMILES string of the molecule is CCn1ncc(N)c1C(=O)NCc1cc(C)c(C)s1. The summed E-state index contributed by atoms with van der Waals surface area (Å²) in [6, 6.07) is 2.10. The molecule has 19 heavy (non-hydrogen) atoms. The number of amides is 1. The molecule has 0 aliphatic carbocycles. The fraction of sp³-hybridized carbons (Fsp3) is 0.385. The first-order valence-corrected chi connectivity index (χ1v) is 7.00. The van der Waals surface area contributed by atoms with E-state index in [0.717, 1.165) is 4.88 Å². The Bertz CT molecular complexity index is 580. The third kappa shape index (κ3) is 2.78. The lowest BCUT2D eigenvalue weighted by Crippen LogP contribution is -2.26. The molecular formula is C13H18N4OS. The summed E-state index contributed by atoms with van der Waals surface area (Å²) < 4.78 is 1.61. The van der Waals surface area contributed by atoms with Gasteiger partial charge in [0.05, 0.1) is 18.4 Å². The molecule has 6 heteroatoms. The van der Waals surface area contributed by atoms with Crippen molar-refractivity contribution in [3.8, 4) is 0 Å². The van der Waals surface area contributed by atoms with Crippen LogP contribution in [0.1, 0.15) is 32.7 Å². The van der Waals surface area contributed by atoms with Gasteiger partial charge in [-0.25, -0.2) is 0 Å². The molecule has 0 spiro atoms. The summed E-state index contributed by atoms with van der Waals surface area (Å²) in [5, 5.41) is 6.95. The van der Waals surface area contributed by atoms with Gasteiger partial charge in [-0.15, -0.1) is 11.3 Å². The predicted octanol–water partition coefficient (Wildman–Crippen LogP) is 2.09. The minimum absolute atomic E-state index is 0.180. The first-order chi connectivity index (χ1) is 9.02. The lowest BCUT2D eigenvalue weighted by Gasteiger charge is -2.06. The van der Waals surface area contributed by atoms with Crippen LogP contribution in [0.4, 0.5) is 5.69 Å². The Morgan fingerprint density at radius 3 is 2.84 bits per heavy atom. The number of nitrogens with one attached hydrogen (secondary N) is 1. The number of nitrogens with two attached hydrogens (primary N) is 1.